The second-order valence-corrected chi connectivity index (χ2v) is 3.40. The maximum absolute atomic E-state index is 9.92. The molecule has 0 spiro atoms. The minimum atomic E-state index is -4.29. The van der Waals surface area contributed by atoms with Crippen LogP contribution in [0.15, 0.2) is 0 Å². The third-order valence-electron chi connectivity index (χ3n) is 0.351. The predicted molar refractivity (Wildman–Crippen MR) is 34.6 cm³/mol. The van der Waals surface area contributed by atoms with Crippen LogP contribution < -0.4 is 5.73 Å². The summed E-state index contributed by atoms with van der Waals surface area (Å²) in [5.74, 6) is 0.380. The van der Waals surface area contributed by atoms with E-state index in [1.165, 1.54) is 0 Å². The molecule has 0 saturated heterocycles. The van der Waals surface area contributed by atoms with E-state index in [2.05, 4.69) is 3.97 Å². The van der Waals surface area contributed by atoms with E-state index in [0.29, 0.717) is 24.3 Å². The lowest BCUT2D eigenvalue weighted by Crippen LogP contribution is -2.01. The average molecular weight is 173 g/mol. The normalized spacial score (nSPS) is 11.9. The monoisotopic (exact) mass is 173 g/mol. The zero-order valence-electron chi connectivity index (χ0n) is 4.56. The summed E-state index contributed by atoms with van der Waals surface area (Å²) in [4.78, 5) is 16.1. The summed E-state index contributed by atoms with van der Waals surface area (Å²) in [7, 11) is -4.29. The van der Waals surface area contributed by atoms with Crippen LogP contribution in [0.4, 0.5) is 0 Å². The van der Waals surface area contributed by atoms with E-state index in [1.807, 2.05) is 0 Å². The Bertz CT molecular complexity index is 113. The number of rotatable bonds is 4. The van der Waals surface area contributed by atoms with Gasteiger partial charge in [-0.3, -0.25) is 0 Å². The molecule has 0 unspecified atom stereocenters. The van der Waals surface area contributed by atoms with Gasteiger partial charge in [-0.05, 0) is 0 Å². The third kappa shape index (κ3) is 8.42. The lowest BCUT2D eigenvalue weighted by Gasteiger charge is -2.00. The van der Waals surface area contributed by atoms with Gasteiger partial charge in [-0.1, -0.05) is 0 Å². The predicted octanol–water partition coefficient (Wildman–Crippen LogP) is -0.297. The van der Waals surface area contributed by atoms with E-state index < -0.39 is 7.82 Å². The summed E-state index contributed by atoms with van der Waals surface area (Å²) in [6, 6.07) is 0. The average Bonchev–Trinajstić information content (AvgIpc) is 1.63. The Hall–Kier alpha value is 0.420. The van der Waals surface area contributed by atoms with Crippen molar-refractivity contribution in [2.45, 2.75) is 0 Å². The second-order valence-electron chi connectivity index (χ2n) is 1.18. The molecule has 0 rings (SSSR count). The molecule has 0 bridgehead atoms. The smallest absolute Gasteiger partial charge is 0.330 e. The lowest BCUT2D eigenvalue weighted by molar-refractivity contribution is 0.298. The van der Waals surface area contributed by atoms with E-state index in [1.54, 1.807) is 0 Å². The van der Waals surface area contributed by atoms with Crippen molar-refractivity contribution in [3.63, 3.8) is 0 Å². The summed E-state index contributed by atoms with van der Waals surface area (Å²) in [5.41, 5.74) is 5.00. The molecule has 0 saturated carbocycles. The van der Waals surface area contributed by atoms with E-state index in [-0.39, 0.29) is 0 Å². The minimum Gasteiger partial charge on any atom is -0.330 e. The van der Waals surface area contributed by atoms with Crippen LogP contribution in [0.5, 0.6) is 0 Å². The topological polar surface area (TPSA) is 92.8 Å². The van der Waals surface area contributed by atoms with Crippen molar-refractivity contribution in [1.29, 1.82) is 0 Å². The van der Waals surface area contributed by atoms with Gasteiger partial charge in [0.25, 0.3) is 0 Å². The highest BCUT2D eigenvalue weighted by Gasteiger charge is 2.13. The van der Waals surface area contributed by atoms with Gasteiger partial charge in [-0.25, -0.2) is 8.54 Å². The highest BCUT2D eigenvalue weighted by Crippen LogP contribution is 2.40. The van der Waals surface area contributed by atoms with Gasteiger partial charge in [0.15, 0.2) is 0 Å². The van der Waals surface area contributed by atoms with Crippen molar-refractivity contribution >= 4 is 19.9 Å². The second kappa shape index (κ2) is 4.27. The van der Waals surface area contributed by atoms with Crippen LogP contribution in [0.1, 0.15) is 0 Å². The zero-order valence-corrected chi connectivity index (χ0v) is 6.27. The minimum absolute atomic E-state index is 0.338. The van der Waals surface area contributed by atoms with E-state index in [9.17, 15) is 4.57 Å². The molecule has 7 heteroatoms. The molecule has 9 heavy (non-hydrogen) atoms. The Morgan fingerprint density at radius 2 is 2.22 bits per heavy atom. The highest BCUT2D eigenvalue weighted by molar-refractivity contribution is 7.97. The highest BCUT2D eigenvalue weighted by atomic mass is 32.2. The molecule has 0 aromatic rings. The first-order valence-electron chi connectivity index (χ1n) is 2.13. The van der Waals surface area contributed by atoms with Gasteiger partial charge in [0.2, 0.25) is 0 Å². The van der Waals surface area contributed by atoms with Crippen LogP contribution >= 0.6 is 19.9 Å². The number of phosphoric acid groups is 1. The lowest BCUT2D eigenvalue weighted by atomic mass is 10.8. The third-order valence-corrected chi connectivity index (χ3v) is 1.95. The first-order valence-corrected chi connectivity index (χ1v) is 4.57. The summed E-state index contributed by atoms with van der Waals surface area (Å²) in [6.07, 6.45) is 0. The SMILES string of the molecule is NCCSOP(=O)(O)O. The summed E-state index contributed by atoms with van der Waals surface area (Å²) >= 11 is 0.672. The fraction of sp³-hybridized carbons (Fsp3) is 1.00. The van der Waals surface area contributed by atoms with Crippen molar-refractivity contribution in [2.24, 2.45) is 5.73 Å². The van der Waals surface area contributed by atoms with Crippen LogP contribution in [0, 0.1) is 0 Å². The number of hydrogen-bond acceptors (Lipinski definition) is 4. The maximum atomic E-state index is 9.92. The van der Waals surface area contributed by atoms with Crippen molar-refractivity contribution in [2.75, 3.05) is 12.3 Å². The summed E-state index contributed by atoms with van der Waals surface area (Å²) in [5, 5.41) is 0. The van der Waals surface area contributed by atoms with Gasteiger partial charge in [0, 0.05) is 24.3 Å². The largest absolute Gasteiger partial charge is 0.480 e. The van der Waals surface area contributed by atoms with Gasteiger partial charge >= 0.3 is 7.82 Å². The molecule has 5 nitrogen and oxygen atoms in total. The molecule has 4 N–H and O–H groups in total. The fourth-order valence-electron chi connectivity index (χ4n) is 0.154. The zero-order chi connectivity index (χ0) is 7.33. The molecule has 0 heterocycles. The standard InChI is InChI=1S/C2H8NO4PS/c3-1-2-9-7-8(4,5)6/h1-3H2,(H2,4,5,6). The molecule has 0 radical (unpaired) electrons. The quantitative estimate of drug-likeness (QED) is 0.307. The van der Waals surface area contributed by atoms with Gasteiger partial charge < -0.3 is 15.5 Å². The molecule has 56 valence electrons. The molecular weight excluding hydrogens is 165 g/mol. The number of nitrogens with two attached hydrogens (primary N) is 1. The fourth-order valence-corrected chi connectivity index (χ4v) is 1.10. The Balaban J connectivity index is 3.18. The van der Waals surface area contributed by atoms with Gasteiger partial charge in [-0.2, -0.15) is 0 Å². The van der Waals surface area contributed by atoms with Crippen molar-refractivity contribution in [1.82, 2.24) is 0 Å². The Kier molecular flexibility index (Phi) is 4.47. The summed E-state index contributed by atoms with van der Waals surface area (Å²) < 4.78 is 13.9. The number of hydrogen-bond donors (Lipinski definition) is 3. The van der Waals surface area contributed by atoms with Gasteiger partial charge in [-0.15, -0.1) is 0 Å². The van der Waals surface area contributed by atoms with Crippen molar-refractivity contribution in [3.8, 4) is 0 Å². The van der Waals surface area contributed by atoms with Crippen LogP contribution in [0.2, 0.25) is 0 Å². The van der Waals surface area contributed by atoms with Crippen LogP contribution in [-0.2, 0) is 8.54 Å². The molecule has 0 aliphatic rings. The first-order chi connectivity index (χ1) is 4.06. The maximum Gasteiger partial charge on any atom is 0.480 e. The van der Waals surface area contributed by atoms with E-state index >= 15 is 0 Å². The van der Waals surface area contributed by atoms with E-state index in [4.69, 9.17) is 15.5 Å². The molecule has 0 atom stereocenters. The summed E-state index contributed by atoms with van der Waals surface area (Å²) in [6.45, 7) is 0.338. The molecule has 0 amide bonds. The van der Waals surface area contributed by atoms with E-state index in [0.717, 1.165) is 0 Å². The Morgan fingerprint density at radius 3 is 2.56 bits per heavy atom. The first kappa shape index (κ1) is 9.42. The Morgan fingerprint density at radius 1 is 1.67 bits per heavy atom. The molecule has 0 aromatic carbocycles. The van der Waals surface area contributed by atoms with Gasteiger partial charge in [0.1, 0.15) is 0 Å². The van der Waals surface area contributed by atoms with Gasteiger partial charge in [0.05, 0.1) is 0 Å². The molecule has 0 fully saturated rings. The van der Waals surface area contributed by atoms with Crippen molar-refractivity contribution in [3.05, 3.63) is 0 Å². The van der Waals surface area contributed by atoms with Crippen LogP contribution in [0.25, 0.3) is 0 Å². The molecule has 0 aromatic heterocycles. The molecule has 0 aliphatic carbocycles. The molecular formula is C2H8NO4PS. The van der Waals surface area contributed by atoms with Crippen LogP contribution in [0.3, 0.4) is 0 Å². The Labute approximate surface area is 57.0 Å². The van der Waals surface area contributed by atoms with Crippen LogP contribution in [-0.4, -0.2) is 22.1 Å². The molecule has 0 aliphatic heterocycles. The van der Waals surface area contributed by atoms with Crippen molar-refractivity contribution < 1.29 is 18.3 Å².